The summed E-state index contributed by atoms with van der Waals surface area (Å²) in [6.45, 7) is 1.44. The van der Waals surface area contributed by atoms with Crippen LogP contribution in [0, 0.1) is 0 Å². The highest BCUT2D eigenvalue weighted by atomic mass is 16.5. The van der Waals surface area contributed by atoms with E-state index in [-0.39, 0.29) is 19.1 Å². The van der Waals surface area contributed by atoms with Crippen molar-refractivity contribution in [2.45, 2.75) is 12.5 Å². The van der Waals surface area contributed by atoms with Gasteiger partial charge in [0.25, 0.3) is 5.91 Å². The molecule has 0 bridgehead atoms. The van der Waals surface area contributed by atoms with Crippen molar-refractivity contribution in [1.29, 1.82) is 0 Å². The molecule has 0 saturated heterocycles. The molecule has 1 amide bonds. The van der Waals surface area contributed by atoms with Crippen LogP contribution in [-0.4, -0.2) is 31.3 Å². The number of amides is 1. The van der Waals surface area contributed by atoms with Gasteiger partial charge in [-0.15, -0.1) is 0 Å². The van der Waals surface area contributed by atoms with Crippen LogP contribution in [0.4, 0.5) is 0 Å². The predicted molar refractivity (Wildman–Crippen MR) is 79.8 cm³/mol. The highest BCUT2D eigenvalue weighted by molar-refractivity contribution is 5.77. The zero-order valence-electron chi connectivity index (χ0n) is 12.5. The van der Waals surface area contributed by atoms with Gasteiger partial charge in [-0.2, -0.15) is 0 Å². The van der Waals surface area contributed by atoms with Crippen molar-refractivity contribution in [2.24, 2.45) is 0 Å². The van der Waals surface area contributed by atoms with Crippen LogP contribution in [0.15, 0.2) is 47.1 Å². The van der Waals surface area contributed by atoms with Gasteiger partial charge in [0.2, 0.25) is 0 Å². The van der Waals surface area contributed by atoms with E-state index in [1.54, 1.807) is 50.4 Å². The minimum absolute atomic E-state index is 0.0286. The van der Waals surface area contributed by atoms with Gasteiger partial charge in [-0.25, -0.2) is 0 Å². The van der Waals surface area contributed by atoms with Gasteiger partial charge in [-0.3, -0.25) is 4.79 Å². The molecule has 0 radical (unpaired) electrons. The number of furan rings is 1. The highest BCUT2D eigenvalue weighted by Crippen LogP contribution is 2.20. The van der Waals surface area contributed by atoms with Gasteiger partial charge in [-0.1, -0.05) is 6.07 Å². The molecule has 22 heavy (non-hydrogen) atoms. The van der Waals surface area contributed by atoms with Crippen LogP contribution < -0.4 is 14.8 Å². The third-order valence-electron chi connectivity index (χ3n) is 3.09. The zero-order valence-corrected chi connectivity index (χ0v) is 12.5. The first-order valence-corrected chi connectivity index (χ1v) is 6.81. The van der Waals surface area contributed by atoms with Crippen LogP contribution in [0.5, 0.6) is 11.5 Å². The summed E-state index contributed by atoms with van der Waals surface area (Å²) in [6, 6.07) is 10.3. The molecule has 0 spiro atoms. The minimum Gasteiger partial charge on any atom is -0.497 e. The maximum absolute atomic E-state index is 11.8. The first kappa shape index (κ1) is 15.9. The van der Waals surface area contributed by atoms with Gasteiger partial charge in [-0.05, 0) is 31.2 Å². The fourth-order valence-electron chi connectivity index (χ4n) is 1.83. The third kappa shape index (κ3) is 4.26. The van der Waals surface area contributed by atoms with Crippen molar-refractivity contribution in [1.82, 2.24) is 5.32 Å². The Morgan fingerprint density at radius 1 is 1.32 bits per heavy atom. The molecule has 2 N–H and O–H groups in total. The van der Waals surface area contributed by atoms with Gasteiger partial charge < -0.3 is 24.3 Å². The molecule has 1 heterocycles. The molecule has 1 atom stereocenters. The zero-order chi connectivity index (χ0) is 16.0. The van der Waals surface area contributed by atoms with Crippen molar-refractivity contribution in [2.75, 3.05) is 20.3 Å². The lowest BCUT2D eigenvalue weighted by molar-refractivity contribution is -0.124. The number of benzene rings is 1. The molecule has 6 heteroatoms. The van der Waals surface area contributed by atoms with Crippen LogP contribution in [0.2, 0.25) is 0 Å². The van der Waals surface area contributed by atoms with E-state index in [4.69, 9.17) is 13.9 Å². The number of aliphatic hydroxyl groups is 1. The van der Waals surface area contributed by atoms with Crippen molar-refractivity contribution in [3.63, 3.8) is 0 Å². The standard InChI is InChI=1S/C16H19NO5/c1-16(19,14-7-4-8-21-14)11-17-15(18)10-22-13-6-3-5-12(9-13)20-2/h3-9,19H,10-11H2,1-2H3,(H,17,18). The number of nitrogens with one attached hydrogen (secondary N) is 1. The second-order valence-corrected chi connectivity index (χ2v) is 5.00. The number of hydrogen-bond acceptors (Lipinski definition) is 5. The summed E-state index contributed by atoms with van der Waals surface area (Å²) in [5.74, 6) is 1.24. The highest BCUT2D eigenvalue weighted by Gasteiger charge is 2.26. The third-order valence-corrected chi connectivity index (χ3v) is 3.09. The number of hydrogen-bond donors (Lipinski definition) is 2. The molecule has 2 rings (SSSR count). The topological polar surface area (TPSA) is 80.9 Å². The van der Waals surface area contributed by atoms with Gasteiger partial charge in [0.15, 0.2) is 6.61 Å². The molecule has 0 aliphatic heterocycles. The molecule has 6 nitrogen and oxygen atoms in total. The maximum atomic E-state index is 11.8. The van der Waals surface area contributed by atoms with Crippen LogP contribution in [-0.2, 0) is 10.4 Å². The SMILES string of the molecule is COc1cccc(OCC(=O)NCC(C)(O)c2ccco2)c1. The lowest BCUT2D eigenvalue weighted by atomic mass is 10.0. The van der Waals surface area contributed by atoms with Gasteiger partial charge in [0, 0.05) is 6.07 Å². The van der Waals surface area contributed by atoms with E-state index in [2.05, 4.69) is 5.32 Å². The second-order valence-electron chi connectivity index (χ2n) is 5.00. The number of carbonyl (C=O) groups excluding carboxylic acids is 1. The van der Waals surface area contributed by atoms with E-state index in [0.29, 0.717) is 17.3 Å². The smallest absolute Gasteiger partial charge is 0.258 e. The normalized spacial score (nSPS) is 13.2. The van der Waals surface area contributed by atoms with Crippen LogP contribution in [0.3, 0.4) is 0 Å². The van der Waals surface area contributed by atoms with Gasteiger partial charge in [0.05, 0.1) is 19.9 Å². The minimum atomic E-state index is -1.27. The molecule has 1 aromatic carbocycles. The van der Waals surface area contributed by atoms with Crippen LogP contribution in [0.1, 0.15) is 12.7 Å². The lowest BCUT2D eigenvalue weighted by Crippen LogP contribution is -2.40. The first-order chi connectivity index (χ1) is 10.5. The lowest BCUT2D eigenvalue weighted by Gasteiger charge is -2.21. The van der Waals surface area contributed by atoms with Gasteiger partial charge in [0.1, 0.15) is 22.9 Å². The Balaban J connectivity index is 1.80. The Morgan fingerprint density at radius 2 is 2.09 bits per heavy atom. The molecule has 0 aliphatic rings. The number of rotatable bonds is 7. The molecule has 0 fully saturated rings. The average Bonchev–Trinajstić information content (AvgIpc) is 3.06. The summed E-state index contributed by atoms with van der Waals surface area (Å²) in [4.78, 5) is 11.8. The molecule has 2 aromatic rings. The van der Waals surface area contributed by atoms with E-state index in [1.165, 1.54) is 6.26 Å². The van der Waals surface area contributed by atoms with E-state index in [9.17, 15) is 9.90 Å². The van der Waals surface area contributed by atoms with E-state index >= 15 is 0 Å². The number of ether oxygens (including phenoxy) is 2. The molecule has 118 valence electrons. The van der Waals surface area contributed by atoms with Crippen molar-refractivity contribution in [3.8, 4) is 11.5 Å². The number of methoxy groups -OCH3 is 1. The Bertz CT molecular complexity index is 607. The maximum Gasteiger partial charge on any atom is 0.258 e. The molecule has 1 unspecified atom stereocenters. The quantitative estimate of drug-likeness (QED) is 0.813. The number of carbonyl (C=O) groups is 1. The van der Waals surface area contributed by atoms with Crippen molar-refractivity contribution < 1.29 is 23.8 Å². The van der Waals surface area contributed by atoms with Crippen molar-refractivity contribution >= 4 is 5.91 Å². The molecule has 1 aromatic heterocycles. The fraction of sp³-hybridized carbons (Fsp3) is 0.312. The molecule has 0 saturated carbocycles. The second kappa shape index (κ2) is 7.00. The summed E-state index contributed by atoms with van der Waals surface area (Å²) in [7, 11) is 1.56. The predicted octanol–water partition coefficient (Wildman–Crippen LogP) is 1.69. The molecule has 0 aliphatic carbocycles. The Morgan fingerprint density at radius 3 is 2.77 bits per heavy atom. The summed E-state index contributed by atoms with van der Waals surface area (Å²) < 4.78 is 15.6. The average molecular weight is 305 g/mol. The monoisotopic (exact) mass is 305 g/mol. The van der Waals surface area contributed by atoms with E-state index < -0.39 is 5.60 Å². The van der Waals surface area contributed by atoms with E-state index in [0.717, 1.165) is 0 Å². The Kier molecular flexibility index (Phi) is 5.06. The molecular weight excluding hydrogens is 286 g/mol. The first-order valence-electron chi connectivity index (χ1n) is 6.81. The Labute approximate surface area is 128 Å². The van der Waals surface area contributed by atoms with Gasteiger partial charge >= 0.3 is 0 Å². The summed E-state index contributed by atoms with van der Waals surface area (Å²) >= 11 is 0. The molecular formula is C16H19NO5. The largest absolute Gasteiger partial charge is 0.497 e. The fourth-order valence-corrected chi connectivity index (χ4v) is 1.83. The summed E-state index contributed by atoms with van der Waals surface area (Å²) in [5, 5.41) is 12.8. The summed E-state index contributed by atoms with van der Waals surface area (Å²) in [6.07, 6.45) is 1.47. The van der Waals surface area contributed by atoms with Crippen LogP contribution in [0.25, 0.3) is 0 Å². The van der Waals surface area contributed by atoms with E-state index in [1.807, 2.05) is 0 Å². The summed E-state index contributed by atoms with van der Waals surface area (Å²) in [5.41, 5.74) is -1.27. The Hall–Kier alpha value is -2.47. The van der Waals surface area contributed by atoms with Crippen molar-refractivity contribution in [3.05, 3.63) is 48.4 Å². The van der Waals surface area contributed by atoms with Crippen LogP contribution >= 0.6 is 0 Å².